The van der Waals surface area contributed by atoms with Gasteiger partial charge in [-0.1, -0.05) is 0 Å². The van der Waals surface area contributed by atoms with Gasteiger partial charge in [-0.15, -0.1) is 4.20 Å². The van der Waals surface area contributed by atoms with Crippen LogP contribution < -0.4 is 5.09 Å². The second-order valence-electron chi connectivity index (χ2n) is 1.26. The van der Waals surface area contributed by atoms with Gasteiger partial charge >= 0.3 is 7.83 Å². The molecule has 0 aromatic carbocycles. The Morgan fingerprint density at radius 2 is 2.11 bits per heavy atom. The second-order valence-corrected chi connectivity index (χ2v) is 2.58. The van der Waals surface area contributed by atoms with Crippen molar-refractivity contribution in [2.45, 2.75) is 6.43 Å². The molecular weight excluding hydrogens is 158 g/mol. The number of hydrogen-bond acceptors (Lipinski definition) is 1. The van der Waals surface area contributed by atoms with Crippen molar-refractivity contribution in [3.8, 4) is 0 Å². The third-order valence-corrected chi connectivity index (χ3v) is 1.01. The van der Waals surface area contributed by atoms with Crippen molar-refractivity contribution in [2.24, 2.45) is 0 Å². The second kappa shape index (κ2) is 3.20. The summed E-state index contributed by atoms with van der Waals surface area (Å²) in [7, 11) is -4.95. The van der Waals surface area contributed by atoms with Crippen LogP contribution in [0.4, 0.5) is 13.0 Å². The lowest BCUT2D eigenvalue weighted by molar-refractivity contribution is 0.151. The van der Waals surface area contributed by atoms with E-state index in [9.17, 15) is 17.5 Å². The summed E-state index contributed by atoms with van der Waals surface area (Å²) in [4.78, 5) is 7.71. The predicted molar refractivity (Wildman–Crippen MR) is 24.9 cm³/mol. The topological polar surface area (TPSA) is 49.3 Å². The van der Waals surface area contributed by atoms with Crippen molar-refractivity contribution < 1.29 is 22.4 Å². The monoisotopic (exact) mass is 163 g/mol. The van der Waals surface area contributed by atoms with Gasteiger partial charge in [-0.05, 0) is 0 Å². The first-order valence-corrected chi connectivity index (χ1v) is 3.52. The summed E-state index contributed by atoms with van der Waals surface area (Å²) >= 11 is 0. The van der Waals surface area contributed by atoms with E-state index in [0.717, 1.165) is 5.09 Å². The fourth-order valence-electron chi connectivity index (χ4n) is 0.182. The molecule has 0 heterocycles. The summed E-state index contributed by atoms with van der Waals surface area (Å²) in [5.41, 5.74) is 0. The molecule has 7 heteroatoms. The minimum absolute atomic E-state index is 1.11. The number of nitrogens with one attached hydrogen (secondary N) is 1. The van der Waals surface area contributed by atoms with Crippen LogP contribution >= 0.6 is 7.83 Å². The van der Waals surface area contributed by atoms with Crippen molar-refractivity contribution in [3.05, 3.63) is 0 Å². The Kier molecular flexibility index (Phi) is 3.17. The Balaban J connectivity index is 3.40. The van der Waals surface area contributed by atoms with Crippen LogP contribution in [0.3, 0.4) is 0 Å². The highest BCUT2D eigenvalue weighted by molar-refractivity contribution is 7.50. The zero-order chi connectivity index (χ0) is 7.49. The normalized spacial score (nSPS) is 17.9. The fraction of sp³-hybridized carbons (Fsp3) is 1.00. The molecule has 0 aliphatic carbocycles. The third-order valence-electron chi connectivity index (χ3n) is 0.441. The first-order chi connectivity index (χ1) is 3.92. The van der Waals surface area contributed by atoms with Gasteiger partial charge in [-0.3, -0.25) is 0 Å². The third kappa shape index (κ3) is 7.94. The molecule has 3 nitrogen and oxygen atoms in total. The molecule has 0 spiro atoms. The molecule has 1 unspecified atom stereocenters. The lowest BCUT2D eigenvalue weighted by Crippen LogP contribution is -2.16. The highest BCUT2D eigenvalue weighted by Gasteiger charge is 2.16. The van der Waals surface area contributed by atoms with Crippen molar-refractivity contribution in [1.29, 1.82) is 0 Å². The smallest absolute Gasteiger partial charge is 0.309 e. The van der Waals surface area contributed by atoms with Crippen LogP contribution in [0, 0.1) is 0 Å². The largest absolute Gasteiger partial charge is 0.440 e. The van der Waals surface area contributed by atoms with Gasteiger partial charge in [0.2, 0.25) is 0 Å². The van der Waals surface area contributed by atoms with Crippen LogP contribution in [0.2, 0.25) is 0 Å². The van der Waals surface area contributed by atoms with Crippen molar-refractivity contribution in [1.82, 2.24) is 5.09 Å². The van der Waals surface area contributed by atoms with Gasteiger partial charge in [-0.2, -0.15) is 0 Å². The molecule has 0 aliphatic heterocycles. The van der Waals surface area contributed by atoms with E-state index in [2.05, 4.69) is 0 Å². The Bertz CT molecular complexity index is 123. The van der Waals surface area contributed by atoms with Gasteiger partial charge in [0, 0.05) is 0 Å². The summed E-state index contributed by atoms with van der Waals surface area (Å²) in [5.74, 6) is 0. The number of halogens is 3. The molecule has 0 amide bonds. The number of alkyl halides is 2. The highest BCUT2D eigenvalue weighted by Crippen LogP contribution is 2.36. The first kappa shape index (κ1) is 8.94. The molecule has 0 aliphatic rings. The van der Waals surface area contributed by atoms with Crippen molar-refractivity contribution in [3.63, 3.8) is 0 Å². The number of rotatable bonds is 3. The average Bonchev–Trinajstić information content (AvgIpc) is 1.59. The van der Waals surface area contributed by atoms with Crippen LogP contribution in [-0.4, -0.2) is 17.9 Å². The molecule has 0 aromatic rings. The summed E-state index contributed by atoms with van der Waals surface area (Å²) in [6.45, 7) is -1.11. The van der Waals surface area contributed by atoms with E-state index >= 15 is 0 Å². The van der Waals surface area contributed by atoms with E-state index in [1.54, 1.807) is 0 Å². The summed E-state index contributed by atoms with van der Waals surface area (Å²) in [6.07, 6.45) is -2.82. The molecule has 0 saturated carbocycles. The minimum Gasteiger partial charge on any atom is -0.309 e. The van der Waals surface area contributed by atoms with Crippen LogP contribution in [0.1, 0.15) is 0 Å². The van der Waals surface area contributed by atoms with Crippen LogP contribution in [0.25, 0.3) is 0 Å². The minimum atomic E-state index is -4.95. The Hall–Kier alpha value is -0.0600. The molecule has 1 atom stereocenters. The molecule has 0 radical (unpaired) electrons. The van der Waals surface area contributed by atoms with Crippen molar-refractivity contribution >= 4 is 7.83 Å². The Morgan fingerprint density at radius 3 is 2.22 bits per heavy atom. The molecule has 0 aromatic heterocycles. The SMILES string of the molecule is O=P(O)(F)NCC(F)F. The van der Waals surface area contributed by atoms with E-state index in [4.69, 9.17) is 4.89 Å². The number of hydrogen-bond donors (Lipinski definition) is 2. The molecule has 0 fully saturated rings. The maximum absolute atomic E-state index is 11.4. The van der Waals surface area contributed by atoms with E-state index in [0.29, 0.717) is 0 Å². The zero-order valence-corrected chi connectivity index (χ0v) is 5.12. The molecule has 56 valence electrons. The van der Waals surface area contributed by atoms with Crippen molar-refractivity contribution in [2.75, 3.05) is 6.54 Å². The summed E-state index contributed by atoms with van der Waals surface area (Å²) in [5, 5.41) is 1.12. The quantitative estimate of drug-likeness (QED) is 0.608. The van der Waals surface area contributed by atoms with Crippen LogP contribution in [0.5, 0.6) is 0 Å². The zero-order valence-electron chi connectivity index (χ0n) is 4.22. The highest BCUT2D eigenvalue weighted by atomic mass is 31.2. The summed E-state index contributed by atoms with van der Waals surface area (Å²) in [6, 6.07) is 0. The molecular formula is C2H5F3NO2P. The molecule has 0 rings (SSSR count). The molecule has 0 saturated heterocycles. The van der Waals surface area contributed by atoms with E-state index in [1.165, 1.54) is 0 Å². The summed E-state index contributed by atoms with van der Waals surface area (Å²) < 4.78 is 43.2. The van der Waals surface area contributed by atoms with Gasteiger partial charge in [0.1, 0.15) is 0 Å². The van der Waals surface area contributed by atoms with Gasteiger partial charge < -0.3 is 4.89 Å². The van der Waals surface area contributed by atoms with Gasteiger partial charge in [0.15, 0.2) is 0 Å². The molecule has 0 bridgehead atoms. The predicted octanol–water partition coefficient (Wildman–Crippen LogP) is 0.911. The average molecular weight is 163 g/mol. The Morgan fingerprint density at radius 1 is 1.67 bits per heavy atom. The van der Waals surface area contributed by atoms with E-state index in [1.807, 2.05) is 0 Å². The first-order valence-electron chi connectivity index (χ1n) is 1.97. The fourth-order valence-corrected chi connectivity index (χ4v) is 0.545. The van der Waals surface area contributed by atoms with Gasteiger partial charge in [0.05, 0.1) is 6.54 Å². The Labute approximate surface area is 49.5 Å². The van der Waals surface area contributed by atoms with Crippen LogP contribution in [0.15, 0.2) is 0 Å². The molecule has 9 heavy (non-hydrogen) atoms. The maximum Gasteiger partial charge on any atom is 0.440 e. The van der Waals surface area contributed by atoms with E-state index in [-0.39, 0.29) is 0 Å². The van der Waals surface area contributed by atoms with Crippen LogP contribution in [-0.2, 0) is 4.57 Å². The standard InChI is InChI=1S/C2H5F3NO2P/c3-2(4)1-6-9(5,7)8/h2H,1H2,(H2,6,7,8). The van der Waals surface area contributed by atoms with E-state index < -0.39 is 20.8 Å². The molecule has 2 N–H and O–H groups in total. The van der Waals surface area contributed by atoms with Gasteiger partial charge in [0.25, 0.3) is 6.43 Å². The van der Waals surface area contributed by atoms with Gasteiger partial charge in [-0.25, -0.2) is 18.4 Å². The maximum atomic E-state index is 11.4. The lowest BCUT2D eigenvalue weighted by Gasteiger charge is -2.01. The lowest BCUT2D eigenvalue weighted by atomic mass is 10.7.